The van der Waals surface area contributed by atoms with E-state index in [9.17, 15) is 9.18 Å². The first-order valence-corrected chi connectivity index (χ1v) is 5.28. The maximum atomic E-state index is 13.1. The summed E-state index contributed by atoms with van der Waals surface area (Å²) in [7, 11) is 1.31. The van der Waals surface area contributed by atoms with Gasteiger partial charge in [0.2, 0.25) is 0 Å². The Balaban J connectivity index is 2.08. The van der Waals surface area contributed by atoms with Crippen molar-refractivity contribution in [3.8, 4) is 5.75 Å². The lowest BCUT2D eigenvalue weighted by Crippen LogP contribution is -2.09. The number of esters is 1. The number of hydrogen-bond acceptors (Lipinski definition) is 4. The molecule has 0 aliphatic carbocycles. The van der Waals surface area contributed by atoms with Crippen LogP contribution in [0.3, 0.4) is 0 Å². The maximum absolute atomic E-state index is 13.1. The van der Waals surface area contributed by atoms with Crippen LogP contribution in [0.4, 0.5) is 4.39 Å². The molecule has 1 aromatic rings. The second-order valence-electron chi connectivity index (χ2n) is 3.77. The molecule has 1 atom stereocenters. The van der Waals surface area contributed by atoms with E-state index in [0.717, 1.165) is 0 Å². The smallest absolute Gasteiger partial charge is 0.310 e. The molecule has 1 fully saturated rings. The zero-order chi connectivity index (χ0) is 12.3. The number of rotatable bonds is 5. The lowest BCUT2D eigenvalue weighted by atomic mass is 10.1. The van der Waals surface area contributed by atoms with E-state index in [1.165, 1.54) is 25.3 Å². The van der Waals surface area contributed by atoms with Gasteiger partial charge in [-0.15, -0.1) is 0 Å². The molecule has 0 amide bonds. The Kier molecular flexibility index (Phi) is 3.58. The molecular formula is C12H13FO4. The predicted molar refractivity (Wildman–Crippen MR) is 57.4 cm³/mol. The zero-order valence-electron chi connectivity index (χ0n) is 9.44. The first-order chi connectivity index (χ1) is 8.19. The lowest BCUT2D eigenvalue weighted by Gasteiger charge is -2.10. The topological polar surface area (TPSA) is 48.1 Å². The molecule has 1 aliphatic rings. The Morgan fingerprint density at radius 3 is 3.00 bits per heavy atom. The monoisotopic (exact) mass is 240 g/mol. The summed E-state index contributed by atoms with van der Waals surface area (Å²) >= 11 is 0. The Morgan fingerprint density at radius 1 is 1.59 bits per heavy atom. The van der Waals surface area contributed by atoms with E-state index in [1.807, 2.05) is 0 Å². The van der Waals surface area contributed by atoms with E-state index in [-0.39, 0.29) is 18.5 Å². The summed E-state index contributed by atoms with van der Waals surface area (Å²) in [5.41, 5.74) is 0.610. The van der Waals surface area contributed by atoms with Crippen molar-refractivity contribution in [3.63, 3.8) is 0 Å². The minimum absolute atomic E-state index is 0.0671. The van der Waals surface area contributed by atoms with Gasteiger partial charge < -0.3 is 14.2 Å². The van der Waals surface area contributed by atoms with Crippen molar-refractivity contribution in [3.05, 3.63) is 29.6 Å². The Morgan fingerprint density at radius 2 is 2.35 bits per heavy atom. The van der Waals surface area contributed by atoms with Gasteiger partial charge in [-0.3, -0.25) is 4.79 Å². The fourth-order valence-corrected chi connectivity index (χ4v) is 1.38. The summed E-state index contributed by atoms with van der Waals surface area (Å²) in [5.74, 6) is -0.416. The second kappa shape index (κ2) is 5.14. The summed E-state index contributed by atoms with van der Waals surface area (Å²) < 4.78 is 28.1. The third kappa shape index (κ3) is 3.42. The second-order valence-corrected chi connectivity index (χ2v) is 3.77. The molecule has 5 heteroatoms. The van der Waals surface area contributed by atoms with E-state index in [0.29, 0.717) is 24.5 Å². The highest BCUT2D eigenvalue weighted by molar-refractivity contribution is 5.73. The fourth-order valence-electron chi connectivity index (χ4n) is 1.38. The average Bonchev–Trinajstić information content (AvgIpc) is 3.13. The molecule has 0 aromatic heterocycles. The fraction of sp³-hybridized carbons (Fsp3) is 0.417. The van der Waals surface area contributed by atoms with Gasteiger partial charge in [-0.25, -0.2) is 4.39 Å². The normalized spacial score (nSPS) is 17.6. The van der Waals surface area contributed by atoms with Crippen LogP contribution >= 0.6 is 0 Å². The number of hydrogen-bond donors (Lipinski definition) is 0. The van der Waals surface area contributed by atoms with E-state index >= 15 is 0 Å². The summed E-state index contributed by atoms with van der Waals surface area (Å²) in [6, 6.07) is 4.08. The van der Waals surface area contributed by atoms with Crippen LogP contribution in [0.25, 0.3) is 0 Å². The molecule has 0 saturated carbocycles. The van der Waals surface area contributed by atoms with Crippen molar-refractivity contribution in [1.82, 2.24) is 0 Å². The van der Waals surface area contributed by atoms with Crippen molar-refractivity contribution in [2.75, 3.05) is 20.3 Å². The van der Waals surface area contributed by atoms with Gasteiger partial charge in [-0.05, 0) is 6.07 Å². The van der Waals surface area contributed by atoms with Gasteiger partial charge in [0.15, 0.2) is 0 Å². The van der Waals surface area contributed by atoms with Crippen molar-refractivity contribution < 1.29 is 23.4 Å². The first kappa shape index (κ1) is 11.9. The predicted octanol–water partition coefficient (Wildman–Crippen LogP) is 1.32. The Labute approximate surface area is 98.3 Å². The molecule has 17 heavy (non-hydrogen) atoms. The molecule has 0 unspecified atom stereocenters. The van der Waals surface area contributed by atoms with Gasteiger partial charge in [-0.1, -0.05) is 6.07 Å². The number of benzene rings is 1. The van der Waals surface area contributed by atoms with Crippen molar-refractivity contribution in [1.29, 1.82) is 0 Å². The van der Waals surface area contributed by atoms with Gasteiger partial charge in [0.1, 0.15) is 24.3 Å². The number of methoxy groups -OCH3 is 1. The van der Waals surface area contributed by atoms with Gasteiger partial charge in [0.25, 0.3) is 0 Å². The van der Waals surface area contributed by atoms with Crippen molar-refractivity contribution in [2.45, 2.75) is 12.5 Å². The molecule has 0 bridgehead atoms. The van der Waals surface area contributed by atoms with Crippen LogP contribution < -0.4 is 4.74 Å². The summed E-state index contributed by atoms with van der Waals surface area (Å²) in [5, 5.41) is 0. The average molecular weight is 240 g/mol. The molecule has 0 N–H and O–H groups in total. The molecule has 1 aliphatic heterocycles. The van der Waals surface area contributed by atoms with Gasteiger partial charge >= 0.3 is 5.97 Å². The summed E-state index contributed by atoms with van der Waals surface area (Å²) in [4.78, 5) is 11.2. The molecule has 1 heterocycles. The quantitative estimate of drug-likeness (QED) is 0.575. The molecule has 1 aromatic carbocycles. The van der Waals surface area contributed by atoms with E-state index in [1.54, 1.807) is 0 Å². The standard InChI is InChI=1S/C12H13FO4/c1-15-12(14)4-8-2-3-9(13)5-11(8)17-7-10-6-16-10/h2-3,5,10H,4,6-7H2,1H3/t10-/m0/s1. The van der Waals surface area contributed by atoms with E-state index < -0.39 is 5.82 Å². The van der Waals surface area contributed by atoms with Crippen LogP contribution in [0, 0.1) is 5.82 Å². The van der Waals surface area contributed by atoms with Crippen LogP contribution in [0.15, 0.2) is 18.2 Å². The van der Waals surface area contributed by atoms with Gasteiger partial charge in [0, 0.05) is 11.6 Å². The molecule has 1 saturated heterocycles. The number of ether oxygens (including phenoxy) is 3. The van der Waals surface area contributed by atoms with E-state index in [2.05, 4.69) is 4.74 Å². The van der Waals surface area contributed by atoms with Crippen LogP contribution in [-0.4, -0.2) is 32.4 Å². The van der Waals surface area contributed by atoms with Crippen LogP contribution in [0.2, 0.25) is 0 Å². The SMILES string of the molecule is COC(=O)Cc1ccc(F)cc1OC[C@@H]1CO1. The summed E-state index contributed by atoms with van der Waals surface area (Å²) in [6.45, 7) is 1.04. The lowest BCUT2D eigenvalue weighted by molar-refractivity contribution is -0.139. The minimum atomic E-state index is -0.398. The number of carbonyl (C=O) groups is 1. The van der Waals surface area contributed by atoms with Crippen molar-refractivity contribution >= 4 is 5.97 Å². The third-order valence-electron chi connectivity index (χ3n) is 2.42. The summed E-state index contributed by atoms with van der Waals surface area (Å²) in [6.07, 6.45) is 0.154. The molecular weight excluding hydrogens is 227 g/mol. The molecule has 92 valence electrons. The Hall–Kier alpha value is -1.62. The number of halogens is 1. The largest absolute Gasteiger partial charge is 0.490 e. The minimum Gasteiger partial charge on any atom is -0.490 e. The number of carbonyl (C=O) groups excluding carboxylic acids is 1. The first-order valence-electron chi connectivity index (χ1n) is 5.28. The van der Waals surface area contributed by atoms with Crippen LogP contribution in [-0.2, 0) is 20.7 Å². The third-order valence-corrected chi connectivity index (χ3v) is 2.42. The van der Waals surface area contributed by atoms with Gasteiger partial charge in [0.05, 0.1) is 20.1 Å². The van der Waals surface area contributed by atoms with Crippen molar-refractivity contribution in [2.24, 2.45) is 0 Å². The maximum Gasteiger partial charge on any atom is 0.310 e. The van der Waals surface area contributed by atoms with Crippen LogP contribution in [0.5, 0.6) is 5.75 Å². The molecule has 2 rings (SSSR count). The van der Waals surface area contributed by atoms with Gasteiger partial charge in [-0.2, -0.15) is 0 Å². The number of epoxide rings is 1. The zero-order valence-corrected chi connectivity index (χ0v) is 9.44. The highest BCUT2D eigenvalue weighted by Gasteiger charge is 2.23. The highest BCUT2D eigenvalue weighted by Crippen LogP contribution is 2.22. The highest BCUT2D eigenvalue weighted by atomic mass is 19.1. The molecule has 0 spiro atoms. The van der Waals surface area contributed by atoms with E-state index in [4.69, 9.17) is 9.47 Å². The Bertz CT molecular complexity index is 415. The molecule has 4 nitrogen and oxygen atoms in total. The molecule has 0 radical (unpaired) electrons. The van der Waals surface area contributed by atoms with Crippen LogP contribution in [0.1, 0.15) is 5.56 Å².